The minimum Gasteiger partial charge on any atom is -0.293 e. The standard InChI is InChI=1S/C24H30OS3/c1-3-5-7-9-10-18-12-13-21(26-18)22-16-17-24(28-22)23-15-14-20(27-23)19(25)11-8-6-4-2/h12-17H,3-11H2,1-2H3. The Morgan fingerprint density at radius 1 is 0.679 bits per heavy atom. The molecule has 0 aromatic carbocycles. The Balaban J connectivity index is 1.61. The summed E-state index contributed by atoms with van der Waals surface area (Å²) >= 11 is 5.42. The highest BCUT2D eigenvalue weighted by Gasteiger charge is 2.13. The van der Waals surface area contributed by atoms with Crippen molar-refractivity contribution in [2.24, 2.45) is 0 Å². The molecular weight excluding hydrogens is 400 g/mol. The molecule has 28 heavy (non-hydrogen) atoms. The monoisotopic (exact) mass is 430 g/mol. The van der Waals surface area contributed by atoms with Crippen molar-refractivity contribution < 1.29 is 4.79 Å². The fourth-order valence-corrected chi connectivity index (χ4v) is 6.46. The first kappa shape index (κ1) is 21.5. The molecule has 0 atom stereocenters. The van der Waals surface area contributed by atoms with E-state index in [-0.39, 0.29) is 0 Å². The molecule has 3 aromatic heterocycles. The molecule has 0 saturated carbocycles. The number of ketones is 1. The van der Waals surface area contributed by atoms with Crippen LogP contribution in [0.25, 0.3) is 19.5 Å². The number of carbonyl (C=O) groups excluding carboxylic acids is 1. The summed E-state index contributed by atoms with van der Waals surface area (Å²) in [6.45, 7) is 4.43. The highest BCUT2D eigenvalue weighted by molar-refractivity contribution is 7.26. The Hall–Kier alpha value is -1.23. The maximum absolute atomic E-state index is 12.3. The van der Waals surface area contributed by atoms with Crippen LogP contribution in [0.1, 0.15) is 79.8 Å². The van der Waals surface area contributed by atoms with E-state index in [1.54, 1.807) is 11.3 Å². The highest BCUT2D eigenvalue weighted by Crippen LogP contribution is 2.40. The molecule has 150 valence electrons. The van der Waals surface area contributed by atoms with Gasteiger partial charge in [0.2, 0.25) is 0 Å². The van der Waals surface area contributed by atoms with Gasteiger partial charge in [0.05, 0.1) is 4.88 Å². The third-order valence-corrected chi connectivity index (χ3v) is 8.67. The van der Waals surface area contributed by atoms with Crippen LogP contribution in [0.5, 0.6) is 0 Å². The van der Waals surface area contributed by atoms with Crippen molar-refractivity contribution in [3.05, 3.63) is 46.2 Å². The van der Waals surface area contributed by atoms with Gasteiger partial charge in [-0.25, -0.2) is 0 Å². The van der Waals surface area contributed by atoms with E-state index in [0.717, 1.165) is 24.1 Å². The van der Waals surface area contributed by atoms with Crippen LogP contribution in [-0.2, 0) is 6.42 Å². The molecule has 3 heterocycles. The fourth-order valence-electron chi connectivity index (χ4n) is 3.25. The Bertz CT molecular complexity index is 868. The van der Waals surface area contributed by atoms with Crippen molar-refractivity contribution >= 4 is 39.8 Å². The maximum Gasteiger partial charge on any atom is 0.172 e. The number of unbranched alkanes of at least 4 members (excludes halogenated alkanes) is 5. The van der Waals surface area contributed by atoms with Gasteiger partial charge in [0, 0.05) is 30.8 Å². The summed E-state index contributed by atoms with van der Waals surface area (Å²) < 4.78 is 0. The number of aryl methyl sites for hydroxylation is 1. The van der Waals surface area contributed by atoms with Gasteiger partial charge in [0.1, 0.15) is 0 Å². The van der Waals surface area contributed by atoms with Gasteiger partial charge in [0.25, 0.3) is 0 Å². The van der Waals surface area contributed by atoms with Crippen LogP contribution in [0.4, 0.5) is 0 Å². The molecule has 0 aliphatic carbocycles. The van der Waals surface area contributed by atoms with Crippen LogP contribution < -0.4 is 0 Å². The minimum absolute atomic E-state index is 0.299. The Morgan fingerprint density at radius 3 is 2.04 bits per heavy atom. The van der Waals surface area contributed by atoms with Crippen molar-refractivity contribution in [2.75, 3.05) is 0 Å². The first-order valence-electron chi connectivity index (χ1n) is 10.5. The first-order valence-corrected chi connectivity index (χ1v) is 13.0. The first-order chi connectivity index (χ1) is 13.7. The largest absolute Gasteiger partial charge is 0.293 e. The molecular formula is C24H30OS3. The third kappa shape index (κ3) is 5.88. The van der Waals surface area contributed by atoms with Crippen molar-refractivity contribution in [2.45, 2.75) is 71.6 Å². The summed E-state index contributed by atoms with van der Waals surface area (Å²) in [6, 6.07) is 13.1. The summed E-state index contributed by atoms with van der Waals surface area (Å²) in [7, 11) is 0. The predicted molar refractivity (Wildman–Crippen MR) is 127 cm³/mol. The van der Waals surface area contributed by atoms with E-state index < -0.39 is 0 Å². The maximum atomic E-state index is 12.3. The summed E-state index contributed by atoms with van der Waals surface area (Å²) in [5.41, 5.74) is 0. The van der Waals surface area contributed by atoms with E-state index in [9.17, 15) is 4.79 Å². The van der Waals surface area contributed by atoms with Gasteiger partial charge in [-0.2, -0.15) is 0 Å². The zero-order chi connectivity index (χ0) is 19.8. The van der Waals surface area contributed by atoms with Crippen molar-refractivity contribution in [1.29, 1.82) is 0 Å². The highest BCUT2D eigenvalue weighted by atomic mass is 32.1. The molecule has 4 heteroatoms. The van der Waals surface area contributed by atoms with E-state index in [2.05, 4.69) is 44.2 Å². The molecule has 1 nitrogen and oxygen atoms in total. The lowest BCUT2D eigenvalue weighted by molar-refractivity contribution is 0.0983. The van der Waals surface area contributed by atoms with Gasteiger partial charge in [0.15, 0.2) is 5.78 Å². The zero-order valence-corrected chi connectivity index (χ0v) is 19.4. The fraction of sp³-hybridized carbons (Fsp3) is 0.458. The van der Waals surface area contributed by atoms with Crippen LogP contribution in [0.15, 0.2) is 36.4 Å². The molecule has 0 radical (unpaired) electrons. The molecule has 3 rings (SSSR count). The normalized spacial score (nSPS) is 11.2. The second kappa shape index (κ2) is 11.1. The Kier molecular flexibility index (Phi) is 8.50. The quantitative estimate of drug-likeness (QED) is 0.207. The van der Waals surface area contributed by atoms with Crippen LogP contribution in [0, 0.1) is 0 Å². The average molecular weight is 431 g/mol. The van der Waals surface area contributed by atoms with E-state index in [0.29, 0.717) is 12.2 Å². The number of rotatable bonds is 12. The molecule has 0 unspecified atom stereocenters. The number of carbonyl (C=O) groups is 1. The van der Waals surface area contributed by atoms with Crippen LogP contribution in [-0.4, -0.2) is 5.78 Å². The number of Topliss-reactive ketones (excluding diaryl/α,β-unsaturated/α-hetero) is 1. The van der Waals surface area contributed by atoms with E-state index in [1.807, 2.05) is 28.7 Å². The van der Waals surface area contributed by atoms with Gasteiger partial charge in [-0.1, -0.05) is 46.0 Å². The molecule has 0 saturated heterocycles. The number of hydrogen-bond acceptors (Lipinski definition) is 4. The summed E-state index contributed by atoms with van der Waals surface area (Å²) in [5, 5.41) is 0. The summed E-state index contributed by atoms with van der Waals surface area (Å²) in [5.74, 6) is 0.299. The predicted octanol–water partition coefficient (Wildman–Crippen LogP) is 9.09. The van der Waals surface area contributed by atoms with E-state index in [4.69, 9.17) is 0 Å². The lowest BCUT2D eigenvalue weighted by Crippen LogP contribution is -1.94. The molecule has 0 N–H and O–H groups in total. The smallest absolute Gasteiger partial charge is 0.172 e. The van der Waals surface area contributed by atoms with Crippen molar-refractivity contribution in [3.63, 3.8) is 0 Å². The lowest BCUT2D eigenvalue weighted by atomic mass is 10.1. The van der Waals surface area contributed by atoms with Gasteiger partial charge in [-0.3, -0.25) is 4.79 Å². The van der Waals surface area contributed by atoms with E-state index in [1.165, 1.54) is 56.5 Å². The second-order valence-electron chi connectivity index (χ2n) is 7.28. The Morgan fingerprint density at radius 2 is 1.29 bits per heavy atom. The molecule has 3 aromatic rings. The Labute approximate surface area is 181 Å². The molecule has 0 aliphatic heterocycles. The molecule has 0 amide bonds. The second-order valence-corrected chi connectivity index (χ2v) is 10.6. The van der Waals surface area contributed by atoms with Crippen molar-refractivity contribution in [3.8, 4) is 19.5 Å². The number of hydrogen-bond donors (Lipinski definition) is 0. The topological polar surface area (TPSA) is 17.1 Å². The SMILES string of the molecule is CCCCCCc1ccc(-c2ccc(-c3ccc(C(=O)CCCCC)s3)s2)s1. The zero-order valence-electron chi connectivity index (χ0n) is 17.0. The third-order valence-electron chi connectivity index (χ3n) is 4.92. The summed E-state index contributed by atoms with van der Waals surface area (Å²) in [6.07, 6.45) is 10.5. The molecule has 0 spiro atoms. The van der Waals surface area contributed by atoms with E-state index >= 15 is 0 Å². The van der Waals surface area contributed by atoms with Gasteiger partial charge >= 0.3 is 0 Å². The summed E-state index contributed by atoms with van der Waals surface area (Å²) in [4.78, 5) is 19.9. The minimum atomic E-state index is 0.299. The molecule has 0 fully saturated rings. The van der Waals surface area contributed by atoms with Gasteiger partial charge < -0.3 is 0 Å². The van der Waals surface area contributed by atoms with Gasteiger partial charge in [-0.05, 0) is 55.7 Å². The number of thiophene rings is 3. The van der Waals surface area contributed by atoms with Crippen LogP contribution in [0.2, 0.25) is 0 Å². The molecule has 0 bridgehead atoms. The lowest BCUT2D eigenvalue weighted by Gasteiger charge is -1.97. The van der Waals surface area contributed by atoms with Crippen LogP contribution >= 0.6 is 34.0 Å². The van der Waals surface area contributed by atoms with Crippen molar-refractivity contribution in [1.82, 2.24) is 0 Å². The van der Waals surface area contributed by atoms with Crippen LogP contribution in [0.3, 0.4) is 0 Å². The average Bonchev–Trinajstić information content (AvgIpc) is 3.45. The molecule has 0 aliphatic rings. The van der Waals surface area contributed by atoms with Gasteiger partial charge in [-0.15, -0.1) is 34.0 Å².